The average Bonchev–Trinajstić information content (AvgIpc) is 2.54. The zero-order chi connectivity index (χ0) is 16.8. The third-order valence-corrected chi connectivity index (χ3v) is 3.83. The number of hydrogen-bond donors (Lipinski definition) is 2. The van der Waals surface area contributed by atoms with Crippen LogP contribution in [0.4, 0.5) is 4.39 Å². The first kappa shape index (κ1) is 17.2. The summed E-state index contributed by atoms with van der Waals surface area (Å²) in [4.78, 5) is 0. The summed E-state index contributed by atoms with van der Waals surface area (Å²) in [6, 6.07) is 12.4. The monoisotopic (exact) mass is 332 g/mol. The highest BCUT2D eigenvalue weighted by molar-refractivity contribution is 7.80. The van der Waals surface area contributed by atoms with Crippen LogP contribution >= 0.6 is 12.2 Å². The minimum atomic E-state index is -0.241. The predicted molar refractivity (Wildman–Crippen MR) is 95.1 cm³/mol. The molecule has 2 aromatic rings. The Balaban J connectivity index is 1.94. The van der Waals surface area contributed by atoms with Crippen LogP contribution in [0.2, 0.25) is 0 Å². The van der Waals surface area contributed by atoms with Gasteiger partial charge in [-0.05, 0) is 49.8 Å². The van der Waals surface area contributed by atoms with Gasteiger partial charge in [-0.2, -0.15) is 0 Å². The van der Waals surface area contributed by atoms with E-state index in [1.165, 1.54) is 17.7 Å². The number of benzene rings is 2. The molecule has 0 heterocycles. The Morgan fingerprint density at radius 2 is 1.91 bits per heavy atom. The summed E-state index contributed by atoms with van der Waals surface area (Å²) in [6.45, 7) is 4.62. The van der Waals surface area contributed by atoms with E-state index in [2.05, 4.69) is 16.7 Å². The third-order valence-electron chi connectivity index (χ3n) is 3.57. The first-order valence-corrected chi connectivity index (χ1v) is 7.83. The van der Waals surface area contributed by atoms with Gasteiger partial charge >= 0.3 is 0 Å². The number of nitrogens with one attached hydrogen (secondary N) is 2. The molecule has 2 rings (SSSR count). The molecule has 2 N–H and O–H groups in total. The van der Waals surface area contributed by atoms with Crippen LogP contribution in [-0.2, 0) is 6.54 Å². The molecular weight excluding hydrogens is 311 g/mol. The van der Waals surface area contributed by atoms with Crippen molar-refractivity contribution >= 4 is 17.3 Å². The van der Waals surface area contributed by atoms with Crippen molar-refractivity contribution < 1.29 is 9.13 Å². The maximum atomic E-state index is 12.9. The molecule has 5 heteroatoms. The molecule has 0 spiro atoms. The van der Waals surface area contributed by atoms with Crippen LogP contribution < -0.4 is 15.4 Å². The molecule has 3 nitrogen and oxygen atoms in total. The number of ether oxygens (including phenoxy) is 1. The fraction of sp³-hybridized carbons (Fsp3) is 0.278. The molecule has 0 aliphatic carbocycles. The minimum Gasteiger partial charge on any atom is -0.496 e. The topological polar surface area (TPSA) is 33.3 Å². The van der Waals surface area contributed by atoms with E-state index < -0.39 is 0 Å². The lowest BCUT2D eigenvalue weighted by molar-refractivity contribution is 0.405. The average molecular weight is 332 g/mol. The van der Waals surface area contributed by atoms with E-state index in [0.717, 1.165) is 16.9 Å². The van der Waals surface area contributed by atoms with Crippen LogP contribution in [-0.4, -0.2) is 12.2 Å². The van der Waals surface area contributed by atoms with Crippen molar-refractivity contribution in [2.45, 2.75) is 26.4 Å². The highest BCUT2D eigenvalue weighted by Crippen LogP contribution is 2.25. The van der Waals surface area contributed by atoms with Gasteiger partial charge in [0.25, 0.3) is 0 Å². The molecule has 0 aromatic heterocycles. The van der Waals surface area contributed by atoms with Gasteiger partial charge in [-0.1, -0.05) is 29.8 Å². The van der Waals surface area contributed by atoms with Gasteiger partial charge < -0.3 is 15.4 Å². The lowest BCUT2D eigenvalue weighted by Crippen LogP contribution is -2.36. The first-order valence-electron chi connectivity index (χ1n) is 7.43. The summed E-state index contributed by atoms with van der Waals surface area (Å²) in [5.41, 5.74) is 3.19. The van der Waals surface area contributed by atoms with E-state index in [1.807, 2.05) is 26.0 Å². The predicted octanol–water partition coefficient (Wildman–Crippen LogP) is 3.87. The van der Waals surface area contributed by atoms with E-state index in [1.54, 1.807) is 19.2 Å². The number of thiocarbonyl (C=S) groups is 1. The van der Waals surface area contributed by atoms with Crippen LogP contribution in [0.5, 0.6) is 5.75 Å². The molecule has 0 aliphatic rings. The standard InChI is InChI=1S/C18H21FN2OS/c1-12-4-9-17(22-3)16(10-12)13(2)21-18(23)20-11-14-5-7-15(19)8-6-14/h4-10,13H,11H2,1-3H3,(H2,20,21,23)/t13-/m1/s1. The van der Waals surface area contributed by atoms with Gasteiger partial charge in [-0.15, -0.1) is 0 Å². The van der Waals surface area contributed by atoms with E-state index in [0.29, 0.717) is 11.7 Å². The molecule has 23 heavy (non-hydrogen) atoms. The second-order valence-electron chi connectivity index (χ2n) is 5.42. The Morgan fingerprint density at radius 1 is 1.22 bits per heavy atom. The zero-order valence-electron chi connectivity index (χ0n) is 13.5. The smallest absolute Gasteiger partial charge is 0.167 e. The number of aryl methyl sites for hydroxylation is 1. The maximum absolute atomic E-state index is 12.9. The Hall–Kier alpha value is -2.14. The Labute approximate surface area is 141 Å². The van der Waals surface area contributed by atoms with Crippen molar-refractivity contribution in [3.05, 3.63) is 65.0 Å². The van der Waals surface area contributed by atoms with E-state index in [4.69, 9.17) is 17.0 Å². The summed E-state index contributed by atoms with van der Waals surface area (Å²) >= 11 is 5.33. The van der Waals surface area contributed by atoms with Crippen LogP contribution in [0.3, 0.4) is 0 Å². The third kappa shape index (κ3) is 4.93. The van der Waals surface area contributed by atoms with Gasteiger partial charge in [0, 0.05) is 12.1 Å². The number of halogens is 1. The Bertz CT molecular complexity index is 673. The molecule has 0 saturated carbocycles. The van der Waals surface area contributed by atoms with Crippen LogP contribution in [0.15, 0.2) is 42.5 Å². The highest BCUT2D eigenvalue weighted by atomic mass is 32.1. The normalized spacial score (nSPS) is 11.7. The molecule has 122 valence electrons. The molecule has 0 radical (unpaired) electrons. The van der Waals surface area contributed by atoms with Crippen LogP contribution in [0.25, 0.3) is 0 Å². The van der Waals surface area contributed by atoms with Crippen molar-refractivity contribution in [3.8, 4) is 5.75 Å². The quantitative estimate of drug-likeness (QED) is 0.815. The second-order valence-corrected chi connectivity index (χ2v) is 5.83. The molecule has 0 amide bonds. The molecule has 0 bridgehead atoms. The largest absolute Gasteiger partial charge is 0.496 e. The van der Waals surface area contributed by atoms with Crippen molar-refractivity contribution in [1.29, 1.82) is 0 Å². The summed E-state index contributed by atoms with van der Waals surface area (Å²) < 4.78 is 18.3. The van der Waals surface area contributed by atoms with Gasteiger partial charge in [0.15, 0.2) is 5.11 Å². The summed E-state index contributed by atoms with van der Waals surface area (Å²) in [5, 5.41) is 6.92. The van der Waals surface area contributed by atoms with Gasteiger partial charge in [0.2, 0.25) is 0 Å². The van der Waals surface area contributed by atoms with Gasteiger partial charge in [-0.25, -0.2) is 4.39 Å². The number of hydrogen-bond acceptors (Lipinski definition) is 2. The van der Waals surface area contributed by atoms with Crippen LogP contribution in [0, 0.1) is 12.7 Å². The fourth-order valence-electron chi connectivity index (χ4n) is 2.30. The van der Waals surface area contributed by atoms with E-state index in [9.17, 15) is 4.39 Å². The second kappa shape index (κ2) is 7.92. The maximum Gasteiger partial charge on any atom is 0.167 e. The van der Waals surface area contributed by atoms with Gasteiger partial charge in [0.05, 0.1) is 13.2 Å². The molecule has 0 saturated heterocycles. The van der Waals surface area contributed by atoms with E-state index >= 15 is 0 Å². The molecule has 2 aromatic carbocycles. The van der Waals surface area contributed by atoms with Crippen LogP contribution in [0.1, 0.15) is 29.7 Å². The number of methoxy groups -OCH3 is 1. The van der Waals surface area contributed by atoms with Gasteiger partial charge in [0.1, 0.15) is 11.6 Å². The summed E-state index contributed by atoms with van der Waals surface area (Å²) in [7, 11) is 1.66. The highest BCUT2D eigenvalue weighted by Gasteiger charge is 2.12. The molecule has 1 atom stereocenters. The zero-order valence-corrected chi connectivity index (χ0v) is 14.3. The summed E-state index contributed by atoms with van der Waals surface area (Å²) in [6.07, 6.45) is 0. The van der Waals surface area contributed by atoms with Crippen molar-refractivity contribution in [2.75, 3.05) is 7.11 Å². The minimum absolute atomic E-state index is 0.0121. The Kier molecular flexibility index (Phi) is 5.93. The van der Waals surface area contributed by atoms with E-state index in [-0.39, 0.29) is 11.9 Å². The lowest BCUT2D eigenvalue weighted by atomic mass is 10.0. The molecule has 0 fully saturated rings. The molecule has 0 aliphatic heterocycles. The first-order chi connectivity index (χ1) is 11.0. The molecular formula is C18H21FN2OS. The SMILES string of the molecule is COc1ccc(C)cc1[C@@H](C)NC(=S)NCc1ccc(F)cc1. The van der Waals surface area contributed by atoms with Crippen molar-refractivity contribution in [3.63, 3.8) is 0 Å². The molecule has 0 unspecified atom stereocenters. The van der Waals surface area contributed by atoms with Crippen molar-refractivity contribution in [1.82, 2.24) is 10.6 Å². The summed E-state index contributed by atoms with van der Waals surface area (Å²) in [5.74, 6) is 0.589. The lowest BCUT2D eigenvalue weighted by Gasteiger charge is -2.20. The fourth-order valence-corrected chi connectivity index (χ4v) is 2.55. The number of rotatable bonds is 5. The Morgan fingerprint density at radius 3 is 2.57 bits per heavy atom. The van der Waals surface area contributed by atoms with Crippen molar-refractivity contribution in [2.24, 2.45) is 0 Å². The van der Waals surface area contributed by atoms with Gasteiger partial charge in [-0.3, -0.25) is 0 Å².